The van der Waals surface area contributed by atoms with Crippen molar-refractivity contribution in [2.75, 3.05) is 37.6 Å². The molecule has 2 aliphatic rings. The summed E-state index contributed by atoms with van der Waals surface area (Å²) < 4.78 is 7.68. The number of hydrogen-bond donors (Lipinski definition) is 1. The molecule has 1 saturated heterocycles. The number of anilines is 1. The SMILES string of the molecule is CCN1CCN(c2cnn(-c3ccc(C)cc3)c(=O)c2Oc2ccc(C3=CC=C(O)C#CC3)cc2)CC1. The summed E-state index contributed by atoms with van der Waals surface area (Å²) in [6.45, 7) is 8.63. The van der Waals surface area contributed by atoms with Gasteiger partial charge in [0.25, 0.3) is 0 Å². The molecule has 0 spiro atoms. The molecule has 0 radical (unpaired) electrons. The zero-order valence-corrected chi connectivity index (χ0v) is 21.1. The fraction of sp³-hybridized carbons (Fsp3) is 0.267. The Balaban J connectivity index is 1.48. The zero-order chi connectivity index (χ0) is 25.8. The lowest BCUT2D eigenvalue weighted by atomic mass is 10.0. The first-order valence-electron chi connectivity index (χ1n) is 12.6. The summed E-state index contributed by atoms with van der Waals surface area (Å²) in [6.07, 6.45) is 5.74. The van der Waals surface area contributed by atoms with E-state index in [4.69, 9.17) is 4.74 Å². The van der Waals surface area contributed by atoms with Crippen LogP contribution >= 0.6 is 0 Å². The first-order chi connectivity index (χ1) is 18.0. The van der Waals surface area contributed by atoms with E-state index in [2.05, 4.69) is 33.7 Å². The van der Waals surface area contributed by atoms with Crippen molar-refractivity contribution in [3.63, 3.8) is 0 Å². The molecular formula is C30H30N4O3. The Labute approximate surface area is 216 Å². The maximum Gasteiger partial charge on any atom is 0.316 e. The molecule has 7 nitrogen and oxygen atoms in total. The topological polar surface area (TPSA) is 70.8 Å². The summed E-state index contributed by atoms with van der Waals surface area (Å²) >= 11 is 0. The van der Waals surface area contributed by atoms with Crippen molar-refractivity contribution in [1.29, 1.82) is 0 Å². The number of aliphatic hydroxyl groups is 1. The monoisotopic (exact) mass is 494 g/mol. The smallest absolute Gasteiger partial charge is 0.316 e. The summed E-state index contributed by atoms with van der Waals surface area (Å²) in [6, 6.07) is 15.3. The third-order valence-electron chi connectivity index (χ3n) is 6.74. The summed E-state index contributed by atoms with van der Waals surface area (Å²) in [5.41, 5.74) is 4.19. The van der Waals surface area contributed by atoms with Crippen LogP contribution in [0.4, 0.5) is 5.69 Å². The van der Waals surface area contributed by atoms with E-state index < -0.39 is 0 Å². The minimum Gasteiger partial charge on any atom is -0.501 e. The third kappa shape index (κ3) is 5.45. The summed E-state index contributed by atoms with van der Waals surface area (Å²) in [5.74, 6) is 6.54. The van der Waals surface area contributed by atoms with Gasteiger partial charge >= 0.3 is 5.56 Å². The number of nitrogens with zero attached hydrogens (tertiary/aromatic N) is 4. The first-order valence-corrected chi connectivity index (χ1v) is 12.6. The molecule has 0 atom stereocenters. The molecule has 2 heterocycles. The first kappa shape index (κ1) is 24.4. The van der Waals surface area contributed by atoms with Crippen LogP contribution in [0, 0.1) is 18.8 Å². The highest BCUT2D eigenvalue weighted by atomic mass is 16.5. The lowest BCUT2D eigenvalue weighted by molar-refractivity contribution is 0.270. The van der Waals surface area contributed by atoms with Gasteiger partial charge in [0, 0.05) is 32.6 Å². The predicted octanol–water partition coefficient (Wildman–Crippen LogP) is 4.71. The molecule has 0 amide bonds. The Morgan fingerprint density at radius 3 is 2.43 bits per heavy atom. The lowest BCUT2D eigenvalue weighted by Crippen LogP contribution is -2.46. The van der Waals surface area contributed by atoms with Crippen LogP contribution in [0.15, 0.2) is 77.4 Å². The minimum absolute atomic E-state index is 0.0600. The van der Waals surface area contributed by atoms with Crippen LogP contribution in [0.1, 0.15) is 24.5 Å². The molecule has 3 aromatic rings. The van der Waals surface area contributed by atoms with Crippen LogP contribution < -0.4 is 15.2 Å². The average molecular weight is 495 g/mol. The molecule has 7 heteroatoms. The Morgan fingerprint density at radius 2 is 1.73 bits per heavy atom. The van der Waals surface area contributed by atoms with Gasteiger partial charge in [0.05, 0.1) is 11.9 Å². The van der Waals surface area contributed by atoms with Gasteiger partial charge in [0.2, 0.25) is 5.75 Å². The van der Waals surface area contributed by atoms with E-state index in [1.54, 1.807) is 12.3 Å². The summed E-state index contributed by atoms with van der Waals surface area (Å²) in [7, 11) is 0. The van der Waals surface area contributed by atoms with E-state index in [1.807, 2.05) is 61.5 Å². The fourth-order valence-corrected chi connectivity index (χ4v) is 4.49. The zero-order valence-electron chi connectivity index (χ0n) is 21.1. The fourth-order valence-electron chi connectivity index (χ4n) is 4.49. The van der Waals surface area contributed by atoms with Crippen molar-refractivity contribution in [2.24, 2.45) is 0 Å². The maximum atomic E-state index is 13.7. The molecular weight excluding hydrogens is 464 g/mol. The van der Waals surface area contributed by atoms with Crippen LogP contribution in [0.25, 0.3) is 11.3 Å². The Bertz CT molecular complexity index is 1450. The largest absolute Gasteiger partial charge is 0.501 e. The van der Waals surface area contributed by atoms with Gasteiger partial charge in [0.15, 0.2) is 5.76 Å². The number of benzene rings is 2. The molecule has 188 valence electrons. The van der Waals surface area contributed by atoms with Gasteiger partial charge in [-0.05, 0) is 60.9 Å². The highest BCUT2D eigenvalue weighted by molar-refractivity contribution is 5.71. The molecule has 37 heavy (non-hydrogen) atoms. The van der Waals surface area contributed by atoms with Crippen LogP contribution in [0.2, 0.25) is 0 Å². The standard InChI is InChI=1S/C30H30N4O3/c1-3-32-17-19-33(20-18-32)28-21-31-34(25-12-7-22(2)8-13-25)30(36)29(28)37-27-15-10-24(11-16-27)23-5-4-6-26(35)14-9-23/h7-16,21,35H,3,5,17-20H2,1-2H3. The van der Waals surface area contributed by atoms with Gasteiger partial charge in [-0.25, -0.2) is 0 Å². The van der Waals surface area contributed by atoms with Gasteiger partial charge < -0.3 is 19.6 Å². The van der Waals surface area contributed by atoms with Crippen molar-refractivity contribution in [3.05, 3.63) is 94.1 Å². The molecule has 0 bridgehead atoms. The second-order valence-electron chi connectivity index (χ2n) is 9.18. The highest BCUT2D eigenvalue weighted by Crippen LogP contribution is 2.31. The average Bonchev–Trinajstić information content (AvgIpc) is 3.15. The number of piperazine rings is 1. The number of aromatic nitrogens is 2. The number of aliphatic hydroxyl groups excluding tert-OH is 1. The Morgan fingerprint density at radius 1 is 1.00 bits per heavy atom. The highest BCUT2D eigenvalue weighted by Gasteiger charge is 2.23. The van der Waals surface area contributed by atoms with Crippen molar-refractivity contribution in [3.8, 4) is 29.0 Å². The lowest BCUT2D eigenvalue weighted by Gasteiger charge is -2.35. The maximum absolute atomic E-state index is 13.7. The third-order valence-corrected chi connectivity index (χ3v) is 6.74. The predicted molar refractivity (Wildman–Crippen MR) is 146 cm³/mol. The van der Waals surface area contributed by atoms with Crippen molar-refractivity contribution < 1.29 is 9.84 Å². The summed E-state index contributed by atoms with van der Waals surface area (Å²) in [4.78, 5) is 18.3. The van der Waals surface area contributed by atoms with Gasteiger partial charge in [0.1, 0.15) is 11.4 Å². The van der Waals surface area contributed by atoms with Crippen molar-refractivity contribution >= 4 is 11.3 Å². The van der Waals surface area contributed by atoms with E-state index in [9.17, 15) is 9.90 Å². The van der Waals surface area contributed by atoms with Crippen LogP contribution in [-0.4, -0.2) is 52.5 Å². The normalized spacial score (nSPS) is 15.8. The van der Waals surface area contributed by atoms with E-state index >= 15 is 0 Å². The van der Waals surface area contributed by atoms with Crippen LogP contribution in [-0.2, 0) is 0 Å². The molecule has 1 aromatic heterocycles. The van der Waals surface area contributed by atoms with E-state index in [0.29, 0.717) is 23.5 Å². The number of aryl methyl sites for hydroxylation is 1. The number of hydrogen-bond acceptors (Lipinski definition) is 6. The number of allylic oxidation sites excluding steroid dienone is 4. The van der Waals surface area contributed by atoms with Crippen LogP contribution in [0.3, 0.4) is 0 Å². The molecule has 5 rings (SSSR count). The van der Waals surface area contributed by atoms with E-state index in [1.165, 1.54) is 4.68 Å². The molecule has 1 fully saturated rings. The molecule has 2 aromatic carbocycles. The number of ether oxygens (including phenoxy) is 1. The van der Waals surface area contributed by atoms with Gasteiger partial charge in [-0.2, -0.15) is 9.78 Å². The van der Waals surface area contributed by atoms with E-state index in [-0.39, 0.29) is 17.1 Å². The molecule has 1 aliphatic carbocycles. The minimum atomic E-state index is -0.300. The second kappa shape index (κ2) is 10.8. The number of likely N-dealkylation sites (N-methyl/N-ethyl adjacent to an activating group) is 1. The quantitative estimate of drug-likeness (QED) is 0.501. The molecule has 1 aliphatic heterocycles. The molecule has 1 N–H and O–H groups in total. The molecule has 0 saturated carbocycles. The van der Waals surface area contributed by atoms with Gasteiger partial charge in [-0.1, -0.05) is 48.7 Å². The van der Waals surface area contributed by atoms with E-state index in [0.717, 1.165) is 49.4 Å². The molecule has 0 unspecified atom stereocenters. The van der Waals surface area contributed by atoms with Gasteiger partial charge in [-0.15, -0.1) is 0 Å². The Hall–Kier alpha value is -4.28. The Kier molecular flexibility index (Phi) is 7.11. The van der Waals surface area contributed by atoms with Gasteiger partial charge in [-0.3, -0.25) is 4.79 Å². The number of rotatable bonds is 6. The second-order valence-corrected chi connectivity index (χ2v) is 9.18. The summed E-state index contributed by atoms with van der Waals surface area (Å²) in [5, 5.41) is 14.2. The van der Waals surface area contributed by atoms with Crippen molar-refractivity contribution in [1.82, 2.24) is 14.7 Å². The van der Waals surface area contributed by atoms with Crippen molar-refractivity contribution in [2.45, 2.75) is 20.3 Å². The van der Waals surface area contributed by atoms with Crippen LogP contribution in [0.5, 0.6) is 11.5 Å².